The summed E-state index contributed by atoms with van der Waals surface area (Å²) in [5, 5.41) is 3.80. The summed E-state index contributed by atoms with van der Waals surface area (Å²) < 4.78 is 28.0. The summed E-state index contributed by atoms with van der Waals surface area (Å²) in [6, 6.07) is 7.50. The van der Waals surface area contributed by atoms with Crippen LogP contribution < -0.4 is 5.32 Å². The van der Waals surface area contributed by atoms with Crippen molar-refractivity contribution in [3.8, 4) is 0 Å². The normalized spacial score (nSPS) is 15.8. The Balaban J connectivity index is 1.66. The maximum absolute atomic E-state index is 12.9. The van der Waals surface area contributed by atoms with E-state index >= 15 is 0 Å². The van der Waals surface area contributed by atoms with Crippen LogP contribution in [0.15, 0.2) is 29.2 Å². The lowest BCUT2D eigenvalue weighted by atomic mass is 9.94. The molecule has 0 bridgehead atoms. The van der Waals surface area contributed by atoms with E-state index in [4.69, 9.17) is 0 Å². The first kappa shape index (κ1) is 23.8. The minimum Gasteiger partial charge on any atom is -0.351 e. The summed E-state index contributed by atoms with van der Waals surface area (Å²) in [5.41, 5.74) is 1.43. The van der Waals surface area contributed by atoms with Crippen molar-refractivity contribution in [3.63, 3.8) is 0 Å². The van der Waals surface area contributed by atoms with Crippen LogP contribution in [-0.2, 0) is 16.6 Å². The third kappa shape index (κ3) is 5.30. The molecule has 1 aliphatic rings. The van der Waals surface area contributed by atoms with E-state index in [2.05, 4.69) is 17.3 Å². The minimum absolute atomic E-state index is 0.115. The van der Waals surface area contributed by atoms with Crippen LogP contribution in [-0.4, -0.2) is 68.4 Å². The Hall–Kier alpha value is -1.90. The van der Waals surface area contributed by atoms with Gasteiger partial charge in [-0.2, -0.15) is 0 Å². The van der Waals surface area contributed by atoms with Gasteiger partial charge < -0.3 is 14.8 Å². The number of benzene rings is 1. The first-order chi connectivity index (χ1) is 14.8. The standard InChI is InChI=1S/C23H36N4O3S/c1-5-27-21-13-12-20(31(29,30)25(2)3)16-18(21)17-22(27)23(28)24-14-9-15-26(4)19-10-7-6-8-11-19/h12-13,16-17,19H,5-11,14-15H2,1-4H3,(H,24,28). The number of nitrogens with one attached hydrogen (secondary N) is 1. The lowest BCUT2D eigenvalue weighted by Crippen LogP contribution is -2.36. The number of fused-ring (bicyclic) bond motifs is 1. The quantitative estimate of drug-likeness (QED) is 0.598. The minimum atomic E-state index is -3.52. The van der Waals surface area contributed by atoms with Crippen molar-refractivity contribution in [2.24, 2.45) is 0 Å². The number of aromatic nitrogens is 1. The molecule has 31 heavy (non-hydrogen) atoms. The molecule has 2 aromatic rings. The number of carbonyl (C=O) groups excluding carboxylic acids is 1. The van der Waals surface area contributed by atoms with Gasteiger partial charge in [-0.25, -0.2) is 12.7 Å². The van der Waals surface area contributed by atoms with Gasteiger partial charge in [0.15, 0.2) is 0 Å². The highest BCUT2D eigenvalue weighted by molar-refractivity contribution is 7.89. The molecule has 0 aliphatic heterocycles. The Bertz CT molecular complexity index is 1010. The number of nitrogens with zero attached hydrogens (tertiary/aromatic N) is 3. The fourth-order valence-electron chi connectivity index (χ4n) is 4.47. The average Bonchev–Trinajstić information content (AvgIpc) is 3.14. The van der Waals surface area contributed by atoms with Crippen LogP contribution in [0.1, 0.15) is 55.9 Å². The van der Waals surface area contributed by atoms with Crippen LogP contribution in [0.5, 0.6) is 0 Å². The van der Waals surface area contributed by atoms with Crippen molar-refractivity contribution in [3.05, 3.63) is 30.0 Å². The van der Waals surface area contributed by atoms with Crippen molar-refractivity contribution >= 4 is 26.8 Å². The van der Waals surface area contributed by atoms with Crippen LogP contribution in [0.2, 0.25) is 0 Å². The topological polar surface area (TPSA) is 74.6 Å². The Labute approximate surface area is 186 Å². The van der Waals surface area contributed by atoms with Crippen LogP contribution in [0.4, 0.5) is 0 Å². The van der Waals surface area contributed by atoms with Gasteiger partial charge in [-0.1, -0.05) is 19.3 Å². The van der Waals surface area contributed by atoms with E-state index in [1.54, 1.807) is 24.3 Å². The third-order valence-corrected chi connectivity index (χ3v) is 8.18. The van der Waals surface area contributed by atoms with Crippen LogP contribution in [0.3, 0.4) is 0 Å². The Morgan fingerprint density at radius 2 is 1.84 bits per heavy atom. The largest absolute Gasteiger partial charge is 0.351 e. The van der Waals surface area contributed by atoms with Crippen molar-refractivity contribution in [2.45, 2.75) is 62.9 Å². The summed E-state index contributed by atoms with van der Waals surface area (Å²) in [4.78, 5) is 15.5. The molecule has 0 spiro atoms. The zero-order chi connectivity index (χ0) is 22.6. The van der Waals surface area contributed by atoms with Gasteiger partial charge >= 0.3 is 0 Å². The van der Waals surface area contributed by atoms with E-state index in [-0.39, 0.29) is 10.8 Å². The number of amides is 1. The molecule has 0 atom stereocenters. The molecule has 1 amide bonds. The SMILES string of the molecule is CCn1c(C(=O)NCCCN(C)C2CCCCC2)cc2cc(S(=O)(=O)N(C)C)ccc21. The second-order valence-corrected chi connectivity index (χ2v) is 10.8. The summed E-state index contributed by atoms with van der Waals surface area (Å²) in [6.07, 6.45) is 7.48. The highest BCUT2D eigenvalue weighted by Crippen LogP contribution is 2.25. The monoisotopic (exact) mass is 448 g/mol. The average molecular weight is 449 g/mol. The molecule has 0 saturated heterocycles. The van der Waals surface area contributed by atoms with Gasteiger partial charge in [0.2, 0.25) is 10.0 Å². The molecule has 1 fully saturated rings. The molecule has 172 valence electrons. The first-order valence-electron chi connectivity index (χ1n) is 11.3. The van der Waals surface area contributed by atoms with Crippen LogP contribution in [0, 0.1) is 0 Å². The molecule has 1 aliphatic carbocycles. The van der Waals surface area contributed by atoms with Gasteiger partial charge in [0.05, 0.1) is 4.90 Å². The molecule has 1 aromatic carbocycles. The molecule has 1 heterocycles. The molecule has 7 nitrogen and oxygen atoms in total. The number of hydrogen-bond donors (Lipinski definition) is 1. The van der Waals surface area contributed by atoms with Crippen molar-refractivity contribution in [1.82, 2.24) is 19.1 Å². The summed E-state index contributed by atoms with van der Waals surface area (Å²) >= 11 is 0. The van der Waals surface area contributed by atoms with Gasteiger partial charge in [0.1, 0.15) is 5.69 Å². The molecule has 1 N–H and O–H groups in total. The predicted octanol–water partition coefficient (Wildman–Crippen LogP) is 3.30. The van der Waals surface area contributed by atoms with E-state index in [0.29, 0.717) is 24.8 Å². The number of sulfonamides is 1. The highest BCUT2D eigenvalue weighted by atomic mass is 32.2. The lowest BCUT2D eigenvalue weighted by Gasteiger charge is -2.31. The van der Waals surface area contributed by atoms with Crippen LogP contribution >= 0.6 is 0 Å². The Morgan fingerprint density at radius 1 is 1.13 bits per heavy atom. The molecular formula is C23H36N4O3S. The molecular weight excluding hydrogens is 412 g/mol. The fourth-order valence-corrected chi connectivity index (χ4v) is 5.41. The van der Waals surface area contributed by atoms with Gasteiger partial charge in [0, 0.05) is 44.1 Å². The van der Waals surface area contributed by atoms with E-state index in [0.717, 1.165) is 23.9 Å². The summed E-state index contributed by atoms with van der Waals surface area (Å²) in [5.74, 6) is -0.115. The van der Waals surface area contributed by atoms with Gasteiger partial charge in [-0.15, -0.1) is 0 Å². The zero-order valence-electron chi connectivity index (χ0n) is 19.2. The number of aryl methyl sites for hydroxylation is 1. The molecule has 0 unspecified atom stereocenters. The molecule has 8 heteroatoms. The Morgan fingerprint density at radius 3 is 2.48 bits per heavy atom. The van der Waals surface area contributed by atoms with Crippen molar-refractivity contribution in [1.29, 1.82) is 0 Å². The second kappa shape index (κ2) is 10.1. The second-order valence-electron chi connectivity index (χ2n) is 8.66. The molecule has 0 radical (unpaired) electrons. The van der Waals surface area contributed by atoms with Gasteiger partial charge in [-0.05, 0) is 64.0 Å². The van der Waals surface area contributed by atoms with E-state index in [1.165, 1.54) is 50.5 Å². The van der Waals surface area contributed by atoms with Gasteiger partial charge in [0.25, 0.3) is 5.91 Å². The first-order valence-corrected chi connectivity index (χ1v) is 12.7. The number of hydrogen-bond acceptors (Lipinski definition) is 4. The molecule has 1 aromatic heterocycles. The third-order valence-electron chi connectivity index (χ3n) is 6.37. The van der Waals surface area contributed by atoms with E-state index in [9.17, 15) is 13.2 Å². The number of carbonyl (C=O) groups is 1. The molecule has 1 saturated carbocycles. The fraction of sp³-hybridized carbons (Fsp3) is 0.609. The maximum atomic E-state index is 12.9. The van der Waals surface area contributed by atoms with Crippen LogP contribution in [0.25, 0.3) is 10.9 Å². The predicted molar refractivity (Wildman–Crippen MR) is 125 cm³/mol. The van der Waals surface area contributed by atoms with E-state index < -0.39 is 10.0 Å². The smallest absolute Gasteiger partial charge is 0.267 e. The zero-order valence-corrected chi connectivity index (χ0v) is 20.0. The highest BCUT2D eigenvalue weighted by Gasteiger charge is 2.21. The van der Waals surface area contributed by atoms with E-state index in [1.807, 2.05) is 11.5 Å². The maximum Gasteiger partial charge on any atom is 0.267 e. The molecule has 3 rings (SSSR count). The summed E-state index contributed by atoms with van der Waals surface area (Å²) in [7, 11) is 1.70. The lowest BCUT2D eigenvalue weighted by molar-refractivity contribution is 0.0942. The number of rotatable bonds is 9. The van der Waals surface area contributed by atoms with Gasteiger partial charge in [-0.3, -0.25) is 4.79 Å². The van der Waals surface area contributed by atoms with Crippen molar-refractivity contribution < 1.29 is 13.2 Å². The summed E-state index contributed by atoms with van der Waals surface area (Å²) in [6.45, 7) is 4.23. The van der Waals surface area contributed by atoms with Crippen molar-refractivity contribution in [2.75, 3.05) is 34.2 Å². The Kier molecular flexibility index (Phi) is 7.78.